The van der Waals surface area contributed by atoms with Gasteiger partial charge in [0.2, 0.25) is 0 Å². The van der Waals surface area contributed by atoms with Crippen molar-refractivity contribution in [2.24, 2.45) is 0 Å². The fourth-order valence-corrected chi connectivity index (χ4v) is 4.83. The van der Waals surface area contributed by atoms with Gasteiger partial charge in [0.05, 0.1) is 0 Å². The van der Waals surface area contributed by atoms with E-state index < -0.39 is 7.92 Å². The molecule has 132 valence electrons. The predicted octanol–water partition coefficient (Wildman–Crippen LogP) is 4.93. The molecule has 4 rings (SSSR count). The van der Waals surface area contributed by atoms with Gasteiger partial charge in [0.15, 0.2) is 0 Å². The van der Waals surface area contributed by atoms with E-state index in [1.165, 1.54) is 15.9 Å². The normalized spacial score (nSPS) is 9.58. The Balaban J connectivity index is 0.000000297. The summed E-state index contributed by atoms with van der Waals surface area (Å²) < 4.78 is 0. The minimum absolute atomic E-state index is 0. The molecule has 0 saturated heterocycles. The van der Waals surface area contributed by atoms with Crippen molar-refractivity contribution in [3.05, 3.63) is 127 Å². The number of hydrogen-bond donors (Lipinski definition) is 0. The molecular weight excluding hydrogens is 378 g/mol. The molecule has 0 N–H and O–H groups in total. The zero-order valence-electron chi connectivity index (χ0n) is 14.3. The molecule has 0 bridgehead atoms. The summed E-state index contributed by atoms with van der Waals surface area (Å²) in [5.74, 6) is 0. The average molecular weight is 398 g/mol. The van der Waals surface area contributed by atoms with Crippen LogP contribution in [-0.2, 0) is 16.5 Å². The smallest absolute Gasteiger partial charge is 0 e. The first-order chi connectivity index (χ1) is 12.4. The van der Waals surface area contributed by atoms with Gasteiger partial charge in [0.25, 0.3) is 0 Å². The molecule has 4 aromatic rings. The molecule has 0 amide bonds. The SMILES string of the molecule is [Ni].[c-]1ccccc1.c1ccc(P(c2ccccc2)c2ccccc2)cc1. The predicted molar refractivity (Wildman–Crippen MR) is 110 cm³/mol. The Morgan fingerprint density at radius 1 is 0.423 bits per heavy atom. The molecule has 0 aliphatic carbocycles. The quantitative estimate of drug-likeness (QED) is 0.261. The molecule has 0 heterocycles. The third-order valence-electron chi connectivity index (χ3n) is 3.65. The van der Waals surface area contributed by atoms with Crippen LogP contribution in [0.25, 0.3) is 0 Å². The molecule has 0 radical (unpaired) electrons. The van der Waals surface area contributed by atoms with Gasteiger partial charge < -0.3 is 0 Å². The van der Waals surface area contributed by atoms with Crippen LogP contribution in [0.5, 0.6) is 0 Å². The maximum atomic E-state index is 2.89. The Morgan fingerprint density at radius 2 is 0.731 bits per heavy atom. The van der Waals surface area contributed by atoms with E-state index in [2.05, 4.69) is 97.1 Å². The van der Waals surface area contributed by atoms with Gasteiger partial charge in [-0.3, -0.25) is 0 Å². The van der Waals surface area contributed by atoms with Crippen LogP contribution in [0, 0.1) is 6.07 Å². The summed E-state index contributed by atoms with van der Waals surface area (Å²) in [5, 5.41) is 4.19. The first-order valence-corrected chi connectivity index (χ1v) is 9.66. The van der Waals surface area contributed by atoms with Gasteiger partial charge >= 0.3 is 0 Å². The summed E-state index contributed by atoms with van der Waals surface area (Å²) in [4.78, 5) is 0. The van der Waals surface area contributed by atoms with Crippen molar-refractivity contribution in [3.63, 3.8) is 0 Å². The molecule has 0 nitrogen and oxygen atoms in total. The van der Waals surface area contributed by atoms with Gasteiger partial charge in [-0.2, -0.15) is 36.4 Å². The molecule has 0 spiro atoms. The molecule has 0 aromatic heterocycles. The van der Waals surface area contributed by atoms with Crippen LogP contribution < -0.4 is 15.9 Å². The maximum absolute atomic E-state index is 2.89. The third-order valence-corrected chi connectivity index (χ3v) is 6.09. The first kappa shape index (κ1) is 20.1. The fourth-order valence-electron chi connectivity index (χ4n) is 2.52. The van der Waals surface area contributed by atoms with E-state index in [9.17, 15) is 0 Å². The molecule has 0 atom stereocenters. The van der Waals surface area contributed by atoms with E-state index in [0.717, 1.165) is 0 Å². The van der Waals surface area contributed by atoms with E-state index in [1.54, 1.807) is 0 Å². The Kier molecular flexibility index (Phi) is 8.84. The number of rotatable bonds is 3. The van der Waals surface area contributed by atoms with Gasteiger partial charge in [-0.15, -0.1) is 0 Å². The van der Waals surface area contributed by atoms with E-state index in [1.807, 2.05) is 30.3 Å². The Labute approximate surface area is 167 Å². The molecule has 0 aliphatic rings. The van der Waals surface area contributed by atoms with Crippen molar-refractivity contribution < 1.29 is 16.5 Å². The standard InChI is InChI=1S/C18H15P.C6H5.Ni/c1-4-10-16(11-5-1)19(17-12-6-2-7-13-17)18-14-8-3-9-15-18;1-2-4-6-5-3-1;/h1-15H;1-5H;/q;-1;. The van der Waals surface area contributed by atoms with Crippen LogP contribution >= 0.6 is 7.92 Å². The molecule has 4 aromatic carbocycles. The zero-order chi connectivity index (χ0) is 17.2. The third kappa shape index (κ3) is 5.96. The van der Waals surface area contributed by atoms with Gasteiger partial charge in [-0.1, -0.05) is 91.0 Å². The minimum Gasteiger partial charge on any atom is -0.184 e. The van der Waals surface area contributed by atoms with Gasteiger partial charge in [-0.05, 0) is 23.8 Å². The second kappa shape index (κ2) is 11.4. The van der Waals surface area contributed by atoms with Crippen molar-refractivity contribution in [1.29, 1.82) is 0 Å². The monoisotopic (exact) mass is 397 g/mol. The molecule has 0 saturated carbocycles. The molecule has 0 fully saturated rings. The van der Waals surface area contributed by atoms with Crippen LogP contribution in [-0.4, -0.2) is 0 Å². The first-order valence-electron chi connectivity index (χ1n) is 8.31. The van der Waals surface area contributed by atoms with Crippen LogP contribution in [0.3, 0.4) is 0 Å². The Bertz CT molecular complexity index is 713. The van der Waals surface area contributed by atoms with E-state index >= 15 is 0 Å². The number of hydrogen-bond acceptors (Lipinski definition) is 0. The van der Waals surface area contributed by atoms with Crippen molar-refractivity contribution in [2.75, 3.05) is 0 Å². The second-order valence-corrected chi connectivity index (χ2v) is 7.64. The van der Waals surface area contributed by atoms with Crippen molar-refractivity contribution in [3.8, 4) is 0 Å². The average Bonchev–Trinajstić information content (AvgIpc) is 2.72. The molecule has 0 unspecified atom stereocenters. The van der Waals surface area contributed by atoms with Crippen LogP contribution in [0.15, 0.2) is 121 Å². The molecule has 2 heteroatoms. The second-order valence-electron chi connectivity index (χ2n) is 5.42. The summed E-state index contributed by atoms with van der Waals surface area (Å²) in [6.45, 7) is 0. The maximum Gasteiger partial charge on any atom is 0 e. The van der Waals surface area contributed by atoms with Gasteiger partial charge in [-0.25, -0.2) is 0 Å². The fraction of sp³-hybridized carbons (Fsp3) is 0. The van der Waals surface area contributed by atoms with Crippen LogP contribution in [0.4, 0.5) is 0 Å². The summed E-state index contributed by atoms with van der Waals surface area (Å²) in [5.41, 5.74) is 0. The van der Waals surface area contributed by atoms with Crippen molar-refractivity contribution in [1.82, 2.24) is 0 Å². The van der Waals surface area contributed by atoms with Crippen molar-refractivity contribution in [2.45, 2.75) is 0 Å². The summed E-state index contributed by atoms with van der Waals surface area (Å²) in [7, 11) is -0.446. The summed E-state index contributed by atoms with van der Waals surface area (Å²) in [6.07, 6.45) is 0. The Morgan fingerprint density at radius 3 is 0.962 bits per heavy atom. The van der Waals surface area contributed by atoms with Crippen LogP contribution in [0.1, 0.15) is 0 Å². The van der Waals surface area contributed by atoms with E-state index in [-0.39, 0.29) is 16.5 Å². The topological polar surface area (TPSA) is 0 Å². The zero-order valence-corrected chi connectivity index (χ0v) is 16.2. The number of benzene rings is 4. The van der Waals surface area contributed by atoms with Crippen molar-refractivity contribution >= 4 is 23.8 Å². The van der Waals surface area contributed by atoms with E-state index in [0.29, 0.717) is 0 Å². The molecule has 0 aliphatic heterocycles. The van der Waals surface area contributed by atoms with Crippen LogP contribution in [0.2, 0.25) is 0 Å². The van der Waals surface area contributed by atoms with Gasteiger partial charge in [0, 0.05) is 16.5 Å². The summed E-state index contributed by atoms with van der Waals surface area (Å²) >= 11 is 0. The summed E-state index contributed by atoms with van der Waals surface area (Å²) in [6, 6.07) is 44.8. The minimum atomic E-state index is -0.446. The molecule has 26 heavy (non-hydrogen) atoms. The largest absolute Gasteiger partial charge is 0.184 e. The van der Waals surface area contributed by atoms with Gasteiger partial charge in [0.1, 0.15) is 0 Å². The molecular formula is C24H20NiP-. The van der Waals surface area contributed by atoms with E-state index in [4.69, 9.17) is 0 Å². The Hall–Kier alpha value is -2.20.